The van der Waals surface area contributed by atoms with Crippen LogP contribution in [0, 0.1) is 17.5 Å². The van der Waals surface area contributed by atoms with Crippen LogP contribution < -0.4 is 0 Å². The van der Waals surface area contributed by atoms with Crippen molar-refractivity contribution in [1.82, 2.24) is 4.90 Å². The van der Waals surface area contributed by atoms with Gasteiger partial charge in [-0.25, -0.2) is 13.2 Å². The average Bonchev–Trinajstić information content (AvgIpc) is 2.33. The molecule has 0 aliphatic rings. The third kappa shape index (κ3) is 3.46. The Labute approximate surface area is 107 Å². The Kier molecular flexibility index (Phi) is 4.91. The van der Waals surface area contributed by atoms with E-state index >= 15 is 0 Å². The zero-order chi connectivity index (χ0) is 14.6. The fourth-order valence-corrected chi connectivity index (χ4v) is 1.45. The standard InChI is InChI=1S/C12H12F3NO3/c1-3-16(6-10(17)19-2)12(18)11-8(14)4-7(13)5-9(11)15/h4-5H,3,6H2,1-2H3. The molecule has 0 radical (unpaired) electrons. The number of likely N-dealkylation sites (N-methyl/N-ethyl adjacent to an activating group) is 1. The third-order valence-electron chi connectivity index (χ3n) is 2.44. The van der Waals surface area contributed by atoms with Crippen LogP contribution in [-0.2, 0) is 9.53 Å². The van der Waals surface area contributed by atoms with Crippen molar-refractivity contribution >= 4 is 11.9 Å². The van der Waals surface area contributed by atoms with E-state index in [1.54, 1.807) is 0 Å². The van der Waals surface area contributed by atoms with Crippen LogP contribution >= 0.6 is 0 Å². The van der Waals surface area contributed by atoms with E-state index < -0.39 is 41.4 Å². The molecule has 0 heterocycles. The molecule has 0 atom stereocenters. The second-order valence-electron chi connectivity index (χ2n) is 3.64. The molecule has 4 nitrogen and oxygen atoms in total. The molecule has 0 saturated carbocycles. The molecular weight excluding hydrogens is 263 g/mol. The first kappa shape index (κ1) is 15.0. The number of esters is 1. The molecule has 0 saturated heterocycles. The lowest BCUT2D eigenvalue weighted by molar-refractivity contribution is -0.141. The van der Waals surface area contributed by atoms with E-state index in [0.717, 1.165) is 12.0 Å². The first-order chi connectivity index (χ1) is 8.90. The zero-order valence-electron chi connectivity index (χ0n) is 10.4. The van der Waals surface area contributed by atoms with Gasteiger partial charge in [0.1, 0.15) is 29.6 Å². The highest BCUT2D eigenvalue weighted by atomic mass is 19.1. The van der Waals surface area contributed by atoms with Gasteiger partial charge in [-0.3, -0.25) is 9.59 Å². The summed E-state index contributed by atoms with van der Waals surface area (Å²) in [6.45, 7) is 1.13. The van der Waals surface area contributed by atoms with Gasteiger partial charge in [0.25, 0.3) is 5.91 Å². The van der Waals surface area contributed by atoms with Gasteiger partial charge in [-0.2, -0.15) is 0 Å². The highest BCUT2D eigenvalue weighted by Crippen LogP contribution is 2.17. The van der Waals surface area contributed by atoms with Crippen molar-refractivity contribution in [3.8, 4) is 0 Å². The number of amides is 1. The normalized spacial score (nSPS) is 10.2. The Bertz CT molecular complexity index is 482. The molecule has 1 aromatic carbocycles. The maximum Gasteiger partial charge on any atom is 0.325 e. The molecule has 0 N–H and O–H groups in total. The first-order valence-corrected chi connectivity index (χ1v) is 5.41. The number of carbonyl (C=O) groups is 2. The summed E-state index contributed by atoms with van der Waals surface area (Å²) in [5.41, 5.74) is -0.896. The van der Waals surface area contributed by atoms with Gasteiger partial charge in [0, 0.05) is 18.7 Å². The van der Waals surface area contributed by atoms with Crippen molar-refractivity contribution in [3.63, 3.8) is 0 Å². The highest BCUT2D eigenvalue weighted by Gasteiger charge is 2.25. The summed E-state index contributed by atoms with van der Waals surface area (Å²) in [7, 11) is 1.12. The molecule has 0 unspecified atom stereocenters. The van der Waals surface area contributed by atoms with E-state index in [1.165, 1.54) is 6.92 Å². The molecule has 1 aromatic rings. The molecule has 19 heavy (non-hydrogen) atoms. The maximum absolute atomic E-state index is 13.4. The fraction of sp³-hybridized carbons (Fsp3) is 0.333. The summed E-state index contributed by atoms with van der Waals surface area (Å²) in [5, 5.41) is 0. The lowest BCUT2D eigenvalue weighted by atomic mass is 10.1. The Morgan fingerprint density at radius 1 is 1.21 bits per heavy atom. The molecule has 1 amide bonds. The van der Waals surface area contributed by atoms with Crippen LogP contribution in [0.3, 0.4) is 0 Å². The molecule has 0 spiro atoms. The molecule has 0 fully saturated rings. The molecule has 0 aliphatic carbocycles. The minimum Gasteiger partial charge on any atom is -0.468 e. The van der Waals surface area contributed by atoms with Gasteiger partial charge in [-0.15, -0.1) is 0 Å². The van der Waals surface area contributed by atoms with Gasteiger partial charge in [0.05, 0.1) is 7.11 Å². The summed E-state index contributed by atoms with van der Waals surface area (Å²) in [6, 6.07) is 0.810. The highest BCUT2D eigenvalue weighted by molar-refractivity contribution is 5.96. The summed E-state index contributed by atoms with van der Waals surface area (Å²) in [6.07, 6.45) is 0. The molecular formula is C12H12F3NO3. The molecule has 1 rings (SSSR count). The second kappa shape index (κ2) is 6.21. The number of nitrogens with zero attached hydrogens (tertiary/aromatic N) is 1. The van der Waals surface area contributed by atoms with Crippen LogP contribution in [0.2, 0.25) is 0 Å². The van der Waals surface area contributed by atoms with Gasteiger partial charge in [0.15, 0.2) is 0 Å². The van der Waals surface area contributed by atoms with Crippen LogP contribution in [0.4, 0.5) is 13.2 Å². The first-order valence-electron chi connectivity index (χ1n) is 5.41. The number of hydrogen-bond donors (Lipinski definition) is 0. The fourth-order valence-electron chi connectivity index (χ4n) is 1.45. The van der Waals surface area contributed by atoms with Crippen molar-refractivity contribution < 1.29 is 27.5 Å². The third-order valence-corrected chi connectivity index (χ3v) is 2.44. The van der Waals surface area contributed by atoms with Gasteiger partial charge >= 0.3 is 5.97 Å². The topological polar surface area (TPSA) is 46.6 Å². The Morgan fingerprint density at radius 3 is 2.16 bits per heavy atom. The monoisotopic (exact) mass is 275 g/mol. The molecule has 0 bridgehead atoms. The minimum atomic E-state index is -1.31. The van der Waals surface area contributed by atoms with Gasteiger partial charge < -0.3 is 9.64 Å². The lowest BCUT2D eigenvalue weighted by Crippen LogP contribution is -2.37. The number of methoxy groups -OCH3 is 1. The minimum absolute atomic E-state index is 0.0458. The van der Waals surface area contributed by atoms with E-state index in [1.807, 2.05) is 0 Å². The Hall–Kier alpha value is -2.05. The second-order valence-corrected chi connectivity index (χ2v) is 3.64. The average molecular weight is 275 g/mol. The maximum atomic E-state index is 13.4. The summed E-state index contributed by atoms with van der Waals surface area (Å²) in [4.78, 5) is 23.9. The van der Waals surface area contributed by atoms with Crippen LogP contribution in [0.5, 0.6) is 0 Å². The lowest BCUT2D eigenvalue weighted by Gasteiger charge is -2.20. The van der Waals surface area contributed by atoms with Crippen molar-refractivity contribution in [3.05, 3.63) is 35.1 Å². The quantitative estimate of drug-likeness (QED) is 0.786. The van der Waals surface area contributed by atoms with Gasteiger partial charge in [-0.05, 0) is 6.92 Å². The molecule has 0 aliphatic heterocycles. The van der Waals surface area contributed by atoms with Crippen LogP contribution in [0.15, 0.2) is 12.1 Å². The molecule has 7 heteroatoms. The van der Waals surface area contributed by atoms with Crippen molar-refractivity contribution in [1.29, 1.82) is 0 Å². The van der Waals surface area contributed by atoms with E-state index in [9.17, 15) is 22.8 Å². The summed E-state index contributed by atoms with van der Waals surface area (Å²) >= 11 is 0. The number of carbonyl (C=O) groups excluding carboxylic acids is 2. The van der Waals surface area contributed by atoms with Crippen LogP contribution in [0.25, 0.3) is 0 Å². The van der Waals surface area contributed by atoms with Gasteiger partial charge in [0.2, 0.25) is 0 Å². The van der Waals surface area contributed by atoms with Crippen molar-refractivity contribution in [2.24, 2.45) is 0 Å². The summed E-state index contributed by atoms with van der Waals surface area (Å²) < 4.78 is 44.0. The SMILES string of the molecule is CCN(CC(=O)OC)C(=O)c1c(F)cc(F)cc1F. The predicted molar refractivity (Wildman–Crippen MR) is 59.9 cm³/mol. The van der Waals surface area contributed by atoms with E-state index in [-0.39, 0.29) is 6.54 Å². The number of rotatable bonds is 4. The predicted octanol–water partition coefficient (Wildman–Crippen LogP) is 1.74. The van der Waals surface area contributed by atoms with E-state index in [2.05, 4.69) is 4.74 Å². The zero-order valence-corrected chi connectivity index (χ0v) is 10.4. The summed E-state index contributed by atoms with van der Waals surface area (Å²) in [5.74, 6) is -5.51. The number of benzene rings is 1. The Morgan fingerprint density at radius 2 is 1.74 bits per heavy atom. The van der Waals surface area contributed by atoms with E-state index in [0.29, 0.717) is 12.1 Å². The largest absolute Gasteiger partial charge is 0.468 e. The Balaban J connectivity index is 3.07. The van der Waals surface area contributed by atoms with Crippen molar-refractivity contribution in [2.75, 3.05) is 20.2 Å². The number of halogens is 3. The number of ether oxygens (including phenoxy) is 1. The van der Waals surface area contributed by atoms with Crippen LogP contribution in [0.1, 0.15) is 17.3 Å². The number of hydrogen-bond acceptors (Lipinski definition) is 3. The van der Waals surface area contributed by atoms with Gasteiger partial charge in [-0.1, -0.05) is 0 Å². The van der Waals surface area contributed by atoms with Crippen LogP contribution in [-0.4, -0.2) is 37.0 Å². The molecule has 104 valence electrons. The smallest absolute Gasteiger partial charge is 0.325 e. The molecule has 0 aromatic heterocycles. The van der Waals surface area contributed by atoms with E-state index in [4.69, 9.17) is 0 Å². The van der Waals surface area contributed by atoms with Crippen molar-refractivity contribution in [2.45, 2.75) is 6.92 Å².